The number of hydrogen-bond acceptors (Lipinski definition) is 6. The highest BCUT2D eigenvalue weighted by molar-refractivity contribution is 5.93. The second-order valence-electron chi connectivity index (χ2n) is 8.28. The Hall–Kier alpha value is -3.67. The van der Waals surface area contributed by atoms with Crippen LogP contribution in [0.15, 0.2) is 35.3 Å². The van der Waals surface area contributed by atoms with Gasteiger partial charge < -0.3 is 38.3 Å². The summed E-state index contributed by atoms with van der Waals surface area (Å²) in [6, 6.07) is 6.06. The molecule has 4 unspecified atom stereocenters. The Bertz CT molecular complexity index is 874. The van der Waals surface area contributed by atoms with Gasteiger partial charge in [-0.05, 0) is 24.3 Å². The third kappa shape index (κ3) is 11.3. The molecule has 1 aromatic carbocycles. The van der Waals surface area contributed by atoms with E-state index in [1.165, 1.54) is 0 Å². The molecule has 12 heteroatoms. The number of carbonyl (C=O) groups excluding carboxylic acids is 3. The molecule has 12 nitrogen and oxygen atoms in total. The minimum atomic E-state index is -1.22. The summed E-state index contributed by atoms with van der Waals surface area (Å²) < 4.78 is 0. The van der Waals surface area contributed by atoms with Crippen LogP contribution in [0.25, 0.3) is 0 Å². The Morgan fingerprint density at radius 1 is 1.00 bits per heavy atom. The molecule has 0 aromatic heterocycles. The van der Waals surface area contributed by atoms with E-state index < -0.39 is 48.4 Å². The molecule has 0 saturated carbocycles. The van der Waals surface area contributed by atoms with Crippen molar-refractivity contribution in [2.24, 2.45) is 28.1 Å². The molecule has 0 saturated heterocycles. The number of amides is 3. The minimum Gasteiger partial charge on any atom is -0.480 e. The van der Waals surface area contributed by atoms with E-state index in [-0.39, 0.29) is 31.3 Å². The lowest BCUT2D eigenvalue weighted by Crippen LogP contribution is -2.57. The second-order valence-corrected chi connectivity index (χ2v) is 8.28. The minimum absolute atomic E-state index is 0.0909. The van der Waals surface area contributed by atoms with E-state index in [0.717, 1.165) is 5.56 Å². The summed E-state index contributed by atoms with van der Waals surface area (Å²) >= 11 is 0. The highest BCUT2D eigenvalue weighted by Gasteiger charge is 2.29. The molecule has 0 heterocycles. The fourth-order valence-corrected chi connectivity index (χ4v) is 3.17. The third-order valence-electron chi connectivity index (χ3n) is 5.47. The van der Waals surface area contributed by atoms with Crippen LogP contribution in [-0.2, 0) is 25.6 Å². The van der Waals surface area contributed by atoms with Crippen molar-refractivity contribution < 1.29 is 24.3 Å². The van der Waals surface area contributed by atoms with E-state index in [2.05, 4.69) is 20.9 Å². The summed E-state index contributed by atoms with van der Waals surface area (Å²) in [5, 5.41) is 16.5. The van der Waals surface area contributed by atoms with Crippen LogP contribution in [0.2, 0.25) is 0 Å². The van der Waals surface area contributed by atoms with E-state index in [4.69, 9.17) is 22.3 Å². The van der Waals surface area contributed by atoms with Gasteiger partial charge in [0, 0.05) is 13.0 Å². The van der Waals surface area contributed by atoms with Crippen molar-refractivity contribution in [3.05, 3.63) is 35.9 Å². The molecule has 194 valence electrons. The van der Waals surface area contributed by atoms with Crippen molar-refractivity contribution in [2.45, 2.75) is 57.7 Å². The van der Waals surface area contributed by atoms with Crippen LogP contribution in [0, 0.1) is 5.92 Å². The van der Waals surface area contributed by atoms with E-state index in [0.29, 0.717) is 12.8 Å². The zero-order valence-electron chi connectivity index (χ0n) is 20.2. The SMILES string of the molecule is CCC(C)C(N)C(=O)NC(CCCN=C(N)N)C(=O)NC(Cc1ccccc1)C(=O)NCC(=O)O. The van der Waals surface area contributed by atoms with Gasteiger partial charge >= 0.3 is 5.97 Å². The van der Waals surface area contributed by atoms with E-state index in [1.54, 1.807) is 24.3 Å². The van der Waals surface area contributed by atoms with Gasteiger partial charge in [-0.3, -0.25) is 24.2 Å². The molecule has 0 aliphatic heterocycles. The first-order valence-corrected chi connectivity index (χ1v) is 11.5. The van der Waals surface area contributed by atoms with E-state index >= 15 is 0 Å². The van der Waals surface area contributed by atoms with Crippen molar-refractivity contribution in [3.8, 4) is 0 Å². The maximum Gasteiger partial charge on any atom is 0.322 e. The first-order chi connectivity index (χ1) is 16.5. The lowest BCUT2D eigenvalue weighted by atomic mass is 9.98. The van der Waals surface area contributed by atoms with Gasteiger partial charge in [0.2, 0.25) is 17.7 Å². The molecule has 0 fully saturated rings. The quantitative estimate of drug-likeness (QED) is 0.0898. The first kappa shape index (κ1) is 29.4. The van der Waals surface area contributed by atoms with Gasteiger partial charge in [-0.15, -0.1) is 0 Å². The molecule has 10 N–H and O–H groups in total. The Kier molecular flexibility index (Phi) is 12.8. The predicted octanol–water partition coefficient (Wildman–Crippen LogP) is -1.17. The van der Waals surface area contributed by atoms with Crippen LogP contribution in [0.4, 0.5) is 0 Å². The molecule has 0 radical (unpaired) electrons. The van der Waals surface area contributed by atoms with Crippen molar-refractivity contribution in [2.75, 3.05) is 13.1 Å². The van der Waals surface area contributed by atoms with Crippen molar-refractivity contribution in [1.29, 1.82) is 0 Å². The Balaban J connectivity index is 3.03. The third-order valence-corrected chi connectivity index (χ3v) is 5.47. The van der Waals surface area contributed by atoms with Gasteiger partial charge in [0.25, 0.3) is 0 Å². The Morgan fingerprint density at radius 2 is 1.63 bits per heavy atom. The largest absolute Gasteiger partial charge is 0.480 e. The number of nitrogens with two attached hydrogens (primary N) is 3. The summed E-state index contributed by atoms with van der Waals surface area (Å²) in [5.74, 6) is -3.17. The highest BCUT2D eigenvalue weighted by Crippen LogP contribution is 2.08. The van der Waals surface area contributed by atoms with Crippen molar-refractivity contribution in [3.63, 3.8) is 0 Å². The van der Waals surface area contributed by atoms with Crippen LogP contribution < -0.4 is 33.2 Å². The normalized spacial score (nSPS) is 14.0. The first-order valence-electron chi connectivity index (χ1n) is 11.5. The number of guanidine groups is 1. The molecule has 1 aromatic rings. The molecular formula is C23H37N7O5. The number of carbonyl (C=O) groups is 4. The Morgan fingerprint density at radius 3 is 2.20 bits per heavy atom. The van der Waals surface area contributed by atoms with Crippen LogP contribution in [0.3, 0.4) is 0 Å². The van der Waals surface area contributed by atoms with E-state index in [9.17, 15) is 19.2 Å². The average molecular weight is 492 g/mol. The lowest BCUT2D eigenvalue weighted by molar-refractivity contribution is -0.138. The molecule has 35 heavy (non-hydrogen) atoms. The Labute approximate surface area is 205 Å². The van der Waals surface area contributed by atoms with Gasteiger partial charge in [-0.1, -0.05) is 50.6 Å². The summed E-state index contributed by atoms with van der Waals surface area (Å²) in [4.78, 5) is 53.3. The van der Waals surface area contributed by atoms with Crippen LogP contribution in [0.5, 0.6) is 0 Å². The van der Waals surface area contributed by atoms with Gasteiger partial charge in [0.15, 0.2) is 5.96 Å². The van der Waals surface area contributed by atoms with Crippen LogP contribution in [0.1, 0.15) is 38.7 Å². The molecule has 3 amide bonds. The summed E-state index contributed by atoms with van der Waals surface area (Å²) in [6.07, 6.45) is 1.37. The molecule has 0 aliphatic rings. The number of aliphatic imine (C=N–C) groups is 1. The predicted molar refractivity (Wildman–Crippen MR) is 132 cm³/mol. The van der Waals surface area contributed by atoms with Gasteiger partial charge in [0.1, 0.15) is 18.6 Å². The lowest BCUT2D eigenvalue weighted by Gasteiger charge is -2.25. The zero-order chi connectivity index (χ0) is 26.4. The number of hydrogen-bond donors (Lipinski definition) is 7. The van der Waals surface area contributed by atoms with Crippen molar-refractivity contribution >= 4 is 29.7 Å². The fourth-order valence-electron chi connectivity index (χ4n) is 3.17. The molecular weight excluding hydrogens is 454 g/mol. The van der Waals surface area contributed by atoms with Crippen LogP contribution >= 0.6 is 0 Å². The summed E-state index contributed by atoms with van der Waals surface area (Å²) in [7, 11) is 0. The number of aliphatic carboxylic acids is 1. The molecule has 0 spiro atoms. The molecule has 1 rings (SSSR count). The topological polar surface area (TPSA) is 215 Å². The fraction of sp³-hybridized carbons (Fsp3) is 0.522. The van der Waals surface area contributed by atoms with Gasteiger partial charge in [0.05, 0.1) is 6.04 Å². The van der Waals surface area contributed by atoms with Crippen molar-refractivity contribution in [1.82, 2.24) is 16.0 Å². The summed E-state index contributed by atoms with van der Waals surface area (Å²) in [6.45, 7) is 3.39. The molecule has 4 atom stereocenters. The number of benzene rings is 1. The second kappa shape index (κ2) is 15.3. The smallest absolute Gasteiger partial charge is 0.322 e. The number of carboxylic acid groups (broad SMARTS) is 1. The standard InChI is InChI=1S/C23H37N7O5/c1-3-14(2)19(24)22(35)29-16(10-7-11-27-23(25)26)21(34)30-17(20(33)28-13-18(31)32)12-15-8-5-4-6-9-15/h4-6,8-9,14,16-17,19H,3,7,10-13,24H2,1-2H3,(H,28,33)(H,29,35)(H,30,34)(H,31,32)(H4,25,26,27). The van der Waals surface area contributed by atoms with Gasteiger partial charge in [-0.2, -0.15) is 0 Å². The molecule has 0 bridgehead atoms. The average Bonchev–Trinajstić information content (AvgIpc) is 2.83. The maximum absolute atomic E-state index is 13.2. The number of carboxylic acids is 1. The van der Waals surface area contributed by atoms with E-state index in [1.807, 2.05) is 19.9 Å². The maximum atomic E-state index is 13.2. The highest BCUT2D eigenvalue weighted by atomic mass is 16.4. The monoisotopic (exact) mass is 491 g/mol. The van der Waals surface area contributed by atoms with Gasteiger partial charge in [-0.25, -0.2) is 0 Å². The summed E-state index contributed by atoms with van der Waals surface area (Å²) in [5.41, 5.74) is 17.4. The zero-order valence-corrected chi connectivity index (χ0v) is 20.2. The number of rotatable bonds is 15. The number of nitrogens with one attached hydrogen (secondary N) is 3. The van der Waals surface area contributed by atoms with Crippen LogP contribution in [-0.4, -0.2) is 66.0 Å². The molecule has 0 aliphatic carbocycles. The number of nitrogens with zero attached hydrogens (tertiary/aromatic N) is 1.